The van der Waals surface area contributed by atoms with Gasteiger partial charge in [-0.15, -0.1) is 0 Å². The van der Waals surface area contributed by atoms with E-state index in [1.54, 1.807) is 24.1 Å². The summed E-state index contributed by atoms with van der Waals surface area (Å²) in [7, 11) is 1.75. The standard InChI is InChI=1S/C22H18F2N4O2/c1-27-12-13(11-25-27)19-22(16-4-2-3-5-18(16)26-21(22)30)8-9-28(19)20(29)15-7-6-14(23)10-17(15)24/h2-7,10-12,19H,8-9H2,1H3,(H,26,30). The first-order valence-electron chi connectivity index (χ1n) is 9.57. The van der Waals surface area contributed by atoms with Crippen LogP contribution in [-0.2, 0) is 17.3 Å². The van der Waals surface area contributed by atoms with Crippen LogP contribution in [0.4, 0.5) is 14.5 Å². The molecule has 8 heteroatoms. The molecule has 6 nitrogen and oxygen atoms in total. The van der Waals surface area contributed by atoms with Crippen molar-refractivity contribution in [3.8, 4) is 0 Å². The minimum atomic E-state index is -1.01. The van der Waals surface area contributed by atoms with E-state index in [0.29, 0.717) is 23.7 Å². The van der Waals surface area contributed by atoms with Crippen LogP contribution in [0.25, 0.3) is 0 Å². The number of likely N-dealkylation sites (tertiary alicyclic amines) is 1. The second kappa shape index (κ2) is 6.48. The van der Waals surface area contributed by atoms with E-state index in [1.807, 2.05) is 24.3 Å². The SMILES string of the molecule is Cn1cc(C2N(C(=O)c3ccc(F)cc3F)CCC23C(=O)Nc2ccccc23)cn1. The molecule has 2 aromatic carbocycles. The predicted molar refractivity (Wildman–Crippen MR) is 105 cm³/mol. The van der Waals surface area contributed by atoms with Crippen molar-refractivity contribution in [1.29, 1.82) is 0 Å². The summed E-state index contributed by atoms with van der Waals surface area (Å²) in [6, 6.07) is 9.60. The van der Waals surface area contributed by atoms with Gasteiger partial charge in [-0.1, -0.05) is 18.2 Å². The number of anilines is 1. The Bertz CT molecular complexity index is 1190. The number of rotatable bonds is 2. The lowest BCUT2D eigenvalue weighted by atomic mass is 9.73. The fourth-order valence-electron chi connectivity index (χ4n) is 4.77. The maximum atomic E-state index is 14.4. The topological polar surface area (TPSA) is 67.2 Å². The third kappa shape index (κ3) is 2.49. The summed E-state index contributed by atoms with van der Waals surface area (Å²) in [6.45, 7) is 0.247. The number of carbonyl (C=O) groups excluding carboxylic acids is 2. The lowest BCUT2D eigenvalue weighted by Gasteiger charge is -2.33. The number of nitrogens with one attached hydrogen (secondary N) is 1. The molecule has 1 aromatic heterocycles. The van der Waals surface area contributed by atoms with E-state index in [0.717, 1.165) is 17.7 Å². The number of fused-ring (bicyclic) bond motifs is 2. The minimum absolute atomic E-state index is 0.201. The molecule has 30 heavy (non-hydrogen) atoms. The van der Waals surface area contributed by atoms with E-state index in [4.69, 9.17) is 0 Å². The van der Waals surface area contributed by atoms with Gasteiger partial charge in [0.1, 0.15) is 17.0 Å². The van der Waals surface area contributed by atoms with E-state index in [-0.39, 0.29) is 18.0 Å². The molecule has 2 unspecified atom stereocenters. The number of benzene rings is 2. The van der Waals surface area contributed by atoms with Gasteiger partial charge in [-0.3, -0.25) is 14.3 Å². The highest BCUT2D eigenvalue weighted by atomic mass is 19.1. The predicted octanol–water partition coefficient (Wildman–Crippen LogP) is 3.18. The van der Waals surface area contributed by atoms with E-state index in [2.05, 4.69) is 10.4 Å². The van der Waals surface area contributed by atoms with Crippen LogP contribution in [0, 0.1) is 11.6 Å². The number of carbonyl (C=O) groups is 2. The van der Waals surface area contributed by atoms with Crippen molar-refractivity contribution < 1.29 is 18.4 Å². The molecule has 3 heterocycles. The fourth-order valence-corrected chi connectivity index (χ4v) is 4.77. The number of hydrogen-bond acceptors (Lipinski definition) is 3. The number of hydrogen-bond donors (Lipinski definition) is 1. The maximum Gasteiger partial charge on any atom is 0.257 e. The van der Waals surface area contributed by atoms with Gasteiger partial charge in [-0.05, 0) is 30.2 Å². The molecule has 0 radical (unpaired) electrons. The first kappa shape index (κ1) is 18.5. The van der Waals surface area contributed by atoms with Crippen molar-refractivity contribution in [2.45, 2.75) is 17.9 Å². The lowest BCUT2D eigenvalue weighted by Crippen LogP contribution is -2.42. The zero-order valence-corrected chi connectivity index (χ0v) is 16.1. The Morgan fingerprint density at radius 1 is 1.23 bits per heavy atom. The van der Waals surface area contributed by atoms with Crippen LogP contribution < -0.4 is 5.32 Å². The van der Waals surface area contributed by atoms with Crippen molar-refractivity contribution >= 4 is 17.5 Å². The molecule has 0 bridgehead atoms. The van der Waals surface area contributed by atoms with Crippen LogP contribution in [0.5, 0.6) is 0 Å². The van der Waals surface area contributed by atoms with Crippen LogP contribution in [0.3, 0.4) is 0 Å². The molecule has 2 amide bonds. The van der Waals surface area contributed by atoms with E-state index in [1.165, 1.54) is 4.90 Å². The Hall–Kier alpha value is -3.55. The van der Waals surface area contributed by atoms with Crippen LogP contribution in [0.15, 0.2) is 54.9 Å². The van der Waals surface area contributed by atoms with Gasteiger partial charge < -0.3 is 10.2 Å². The summed E-state index contributed by atoms with van der Waals surface area (Å²) in [6.07, 6.45) is 3.75. The zero-order valence-electron chi connectivity index (χ0n) is 16.1. The summed E-state index contributed by atoms with van der Waals surface area (Å²) < 4.78 is 29.3. The van der Waals surface area contributed by atoms with Crippen molar-refractivity contribution in [3.05, 3.63) is 83.2 Å². The quantitative estimate of drug-likeness (QED) is 0.708. The van der Waals surface area contributed by atoms with E-state index >= 15 is 0 Å². The van der Waals surface area contributed by atoms with Gasteiger partial charge in [0, 0.05) is 37.1 Å². The third-order valence-electron chi connectivity index (χ3n) is 6.05. The number of aromatic nitrogens is 2. The fraction of sp³-hybridized carbons (Fsp3) is 0.227. The van der Waals surface area contributed by atoms with Gasteiger partial charge in [0.2, 0.25) is 5.91 Å². The Labute approximate surface area is 171 Å². The number of halogens is 2. The second-order valence-corrected chi connectivity index (χ2v) is 7.69. The molecular weight excluding hydrogens is 390 g/mol. The first-order chi connectivity index (χ1) is 14.4. The number of nitrogens with zero attached hydrogens (tertiary/aromatic N) is 3. The van der Waals surface area contributed by atoms with Gasteiger partial charge >= 0.3 is 0 Å². The van der Waals surface area contributed by atoms with Gasteiger partial charge in [0.25, 0.3) is 5.91 Å². The molecule has 5 rings (SSSR count). The Morgan fingerprint density at radius 3 is 2.77 bits per heavy atom. The Kier molecular flexibility index (Phi) is 3.99. The number of aryl methyl sites for hydroxylation is 1. The number of para-hydroxylation sites is 1. The average Bonchev–Trinajstić information content (AvgIpc) is 3.39. The van der Waals surface area contributed by atoms with Crippen LogP contribution >= 0.6 is 0 Å². The molecule has 3 aromatic rings. The zero-order chi connectivity index (χ0) is 21.0. The summed E-state index contributed by atoms with van der Waals surface area (Å²) in [5.41, 5.74) is 0.954. The van der Waals surface area contributed by atoms with Crippen LogP contribution in [-0.4, -0.2) is 33.0 Å². The number of amides is 2. The normalized spacial score (nSPS) is 22.4. The molecule has 1 fully saturated rings. The van der Waals surface area contributed by atoms with Crippen molar-refractivity contribution in [2.75, 3.05) is 11.9 Å². The van der Waals surface area contributed by atoms with E-state index < -0.39 is 29.0 Å². The molecule has 2 aliphatic heterocycles. The van der Waals surface area contributed by atoms with Crippen molar-refractivity contribution in [3.63, 3.8) is 0 Å². The van der Waals surface area contributed by atoms with Crippen molar-refractivity contribution in [2.24, 2.45) is 7.05 Å². The first-order valence-corrected chi connectivity index (χ1v) is 9.57. The van der Waals surface area contributed by atoms with Crippen LogP contribution in [0.2, 0.25) is 0 Å². The molecule has 152 valence electrons. The second-order valence-electron chi connectivity index (χ2n) is 7.69. The third-order valence-corrected chi connectivity index (χ3v) is 6.05. The summed E-state index contributed by atoms with van der Waals surface area (Å²) >= 11 is 0. The summed E-state index contributed by atoms with van der Waals surface area (Å²) in [5, 5.41) is 7.14. The lowest BCUT2D eigenvalue weighted by molar-refractivity contribution is -0.121. The van der Waals surface area contributed by atoms with Gasteiger partial charge in [0.05, 0.1) is 17.8 Å². The highest BCUT2D eigenvalue weighted by Gasteiger charge is 2.59. The molecule has 1 saturated heterocycles. The minimum Gasteiger partial charge on any atom is -0.330 e. The largest absolute Gasteiger partial charge is 0.330 e. The van der Waals surface area contributed by atoms with Crippen LogP contribution in [0.1, 0.15) is 33.9 Å². The molecule has 0 saturated carbocycles. The smallest absolute Gasteiger partial charge is 0.257 e. The van der Waals surface area contributed by atoms with Crippen molar-refractivity contribution in [1.82, 2.24) is 14.7 Å². The molecule has 2 aliphatic rings. The molecule has 2 atom stereocenters. The Morgan fingerprint density at radius 2 is 2.03 bits per heavy atom. The van der Waals surface area contributed by atoms with Gasteiger partial charge in [-0.25, -0.2) is 8.78 Å². The van der Waals surface area contributed by atoms with E-state index in [9.17, 15) is 18.4 Å². The Balaban J connectivity index is 1.66. The maximum absolute atomic E-state index is 14.4. The average molecular weight is 408 g/mol. The molecule has 0 aliphatic carbocycles. The summed E-state index contributed by atoms with van der Waals surface area (Å²) in [4.78, 5) is 28.1. The molecule has 1 N–H and O–H groups in total. The highest BCUT2D eigenvalue weighted by Crippen LogP contribution is 2.54. The van der Waals surface area contributed by atoms with Gasteiger partial charge in [-0.2, -0.15) is 5.10 Å². The summed E-state index contributed by atoms with van der Waals surface area (Å²) in [5.74, 6) is -2.47. The highest BCUT2D eigenvalue weighted by molar-refractivity contribution is 6.08. The van der Waals surface area contributed by atoms with Gasteiger partial charge in [0.15, 0.2) is 0 Å². The monoisotopic (exact) mass is 408 g/mol. The molecular formula is C22H18F2N4O2. The molecule has 1 spiro atoms.